The molecular weight excluding hydrogens is 496 g/mol. The highest BCUT2D eigenvalue weighted by Gasteiger charge is 2.15. The van der Waals surface area contributed by atoms with E-state index in [4.69, 9.17) is 9.47 Å². The van der Waals surface area contributed by atoms with Crippen molar-refractivity contribution in [3.63, 3.8) is 0 Å². The van der Waals surface area contributed by atoms with Crippen LogP contribution in [0.2, 0.25) is 0 Å². The average molecular weight is 561 g/mol. The molecule has 0 radical (unpaired) electrons. The number of allylic oxidation sites excluding steroid dienone is 4. The Morgan fingerprint density at radius 3 is 1.32 bits per heavy atom. The van der Waals surface area contributed by atoms with E-state index in [1.165, 1.54) is 64.2 Å². The van der Waals surface area contributed by atoms with E-state index < -0.39 is 0 Å². The maximum absolute atomic E-state index is 12.5. The van der Waals surface area contributed by atoms with Crippen molar-refractivity contribution < 1.29 is 19.1 Å². The van der Waals surface area contributed by atoms with Gasteiger partial charge in [-0.1, -0.05) is 102 Å². The predicted molar refractivity (Wildman–Crippen MR) is 169 cm³/mol. The number of carbonyl (C=O) groups excluding carboxylic acids is 2. The molecule has 0 aromatic heterocycles. The third-order valence-electron chi connectivity index (χ3n) is 8.00. The molecule has 1 heterocycles. The molecule has 0 amide bonds. The first-order valence-electron chi connectivity index (χ1n) is 17.3. The van der Waals surface area contributed by atoms with Crippen molar-refractivity contribution in [3.8, 4) is 0 Å². The summed E-state index contributed by atoms with van der Waals surface area (Å²) in [6.45, 7) is 4.44. The molecule has 0 saturated heterocycles. The van der Waals surface area contributed by atoms with Crippen molar-refractivity contribution in [3.05, 3.63) is 24.3 Å². The Kier molecular flexibility index (Phi) is 25.1. The average Bonchev–Trinajstić information content (AvgIpc) is 2.94. The molecule has 40 heavy (non-hydrogen) atoms. The second-order valence-corrected chi connectivity index (χ2v) is 11.9. The van der Waals surface area contributed by atoms with Crippen LogP contribution in [0.4, 0.5) is 0 Å². The highest BCUT2D eigenvalue weighted by atomic mass is 16.5. The first-order valence-corrected chi connectivity index (χ1v) is 17.3. The summed E-state index contributed by atoms with van der Waals surface area (Å²) in [6.07, 6.45) is 36.8. The smallest absolute Gasteiger partial charge is 0.306 e. The lowest BCUT2D eigenvalue weighted by molar-refractivity contribution is -0.150. The van der Waals surface area contributed by atoms with Crippen molar-refractivity contribution in [2.24, 2.45) is 0 Å². The molecule has 0 unspecified atom stereocenters. The monoisotopic (exact) mass is 560 g/mol. The predicted octanol–water partition coefficient (Wildman–Crippen LogP) is 11.1. The van der Waals surface area contributed by atoms with Crippen molar-refractivity contribution >= 4 is 11.9 Å². The molecule has 1 rings (SSSR count). The fourth-order valence-corrected chi connectivity index (χ4v) is 5.42. The number of esters is 2. The first kappa shape index (κ1) is 36.4. The van der Waals surface area contributed by atoms with Crippen LogP contribution in [0.5, 0.6) is 0 Å². The molecule has 1 aliphatic heterocycles. The summed E-state index contributed by atoms with van der Waals surface area (Å²) in [6, 6.07) is 0. The van der Waals surface area contributed by atoms with Crippen LogP contribution in [0, 0.1) is 0 Å². The lowest BCUT2D eigenvalue weighted by Crippen LogP contribution is -2.18. The zero-order valence-corrected chi connectivity index (χ0v) is 26.5. The van der Waals surface area contributed by atoms with Gasteiger partial charge in [0.25, 0.3) is 0 Å². The van der Waals surface area contributed by atoms with Crippen LogP contribution in [0.15, 0.2) is 24.3 Å². The van der Waals surface area contributed by atoms with Crippen molar-refractivity contribution in [1.29, 1.82) is 0 Å². The molecule has 0 aromatic rings. The van der Waals surface area contributed by atoms with Gasteiger partial charge in [0.15, 0.2) is 0 Å². The van der Waals surface area contributed by atoms with Crippen molar-refractivity contribution in [1.82, 2.24) is 0 Å². The molecule has 232 valence electrons. The Morgan fingerprint density at radius 1 is 0.525 bits per heavy atom. The summed E-state index contributed by atoms with van der Waals surface area (Å²) in [5, 5.41) is 0. The van der Waals surface area contributed by atoms with Gasteiger partial charge in [-0.15, -0.1) is 0 Å². The van der Waals surface area contributed by atoms with Crippen LogP contribution in [-0.2, 0) is 19.1 Å². The minimum atomic E-state index is 0.000229. The van der Waals surface area contributed by atoms with E-state index >= 15 is 0 Å². The molecular formula is C36H64O4. The Morgan fingerprint density at radius 2 is 0.900 bits per heavy atom. The highest BCUT2D eigenvalue weighted by Crippen LogP contribution is 2.18. The lowest BCUT2D eigenvalue weighted by atomic mass is 10.0. The standard InChI is InChI=1S/C36H64O4/c1-3-5-21-27-33-29-23-17-13-9-7-11-16-20-26-32-36(38)40-34(28-22-6-4-2)30-24-18-14-10-8-12-15-19-25-31-35(37)39-33/h13-14,17-18,33-34H,3-12,15-16,19-32H2,1-2H3/b17-13+,18-14+/t33-,34-/m0/s1. The molecule has 0 saturated carbocycles. The van der Waals surface area contributed by atoms with E-state index in [0.717, 1.165) is 89.9 Å². The summed E-state index contributed by atoms with van der Waals surface area (Å²) >= 11 is 0. The molecule has 2 atom stereocenters. The van der Waals surface area contributed by atoms with E-state index in [1.807, 2.05) is 0 Å². The highest BCUT2D eigenvalue weighted by molar-refractivity contribution is 5.69. The zero-order valence-electron chi connectivity index (χ0n) is 26.5. The van der Waals surface area contributed by atoms with E-state index in [0.29, 0.717) is 12.8 Å². The van der Waals surface area contributed by atoms with Gasteiger partial charge in [-0.25, -0.2) is 0 Å². The number of hydrogen-bond donors (Lipinski definition) is 0. The van der Waals surface area contributed by atoms with Crippen LogP contribution in [0.25, 0.3) is 0 Å². The van der Waals surface area contributed by atoms with Gasteiger partial charge in [-0.05, 0) is 89.9 Å². The molecule has 0 aromatic carbocycles. The lowest BCUT2D eigenvalue weighted by Gasteiger charge is -2.17. The molecule has 4 heteroatoms. The van der Waals surface area contributed by atoms with Crippen molar-refractivity contribution in [2.75, 3.05) is 0 Å². The first-order chi connectivity index (χ1) is 19.7. The molecule has 0 N–H and O–H groups in total. The van der Waals surface area contributed by atoms with Gasteiger partial charge in [-0.3, -0.25) is 9.59 Å². The zero-order chi connectivity index (χ0) is 28.9. The summed E-state index contributed by atoms with van der Waals surface area (Å²) in [5.74, 6) is 0.000459. The number of ether oxygens (including phenoxy) is 2. The number of cyclic esters (lactones) is 2. The van der Waals surface area contributed by atoms with Crippen LogP contribution in [0.1, 0.15) is 181 Å². The van der Waals surface area contributed by atoms with Gasteiger partial charge in [0.1, 0.15) is 12.2 Å². The summed E-state index contributed by atoms with van der Waals surface area (Å²) in [4.78, 5) is 24.9. The Bertz CT molecular complexity index is 597. The Hall–Kier alpha value is -1.58. The minimum Gasteiger partial charge on any atom is -0.462 e. The van der Waals surface area contributed by atoms with Crippen LogP contribution < -0.4 is 0 Å². The minimum absolute atomic E-state index is 0.000229. The molecule has 1 aliphatic rings. The third kappa shape index (κ3) is 23.2. The van der Waals surface area contributed by atoms with Crippen LogP contribution >= 0.6 is 0 Å². The number of rotatable bonds is 8. The fourth-order valence-electron chi connectivity index (χ4n) is 5.42. The van der Waals surface area contributed by atoms with Crippen molar-refractivity contribution in [2.45, 2.75) is 193 Å². The van der Waals surface area contributed by atoms with E-state index in [-0.39, 0.29) is 24.1 Å². The van der Waals surface area contributed by atoms with Gasteiger partial charge in [-0.2, -0.15) is 0 Å². The fraction of sp³-hybridized carbons (Fsp3) is 0.833. The molecule has 0 aliphatic carbocycles. The summed E-state index contributed by atoms with van der Waals surface area (Å²) in [5.41, 5.74) is 0. The number of unbranched alkanes of at least 4 members (excludes halogenated alkanes) is 4. The second-order valence-electron chi connectivity index (χ2n) is 11.9. The number of hydrogen-bond acceptors (Lipinski definition) is 4. The molecule has 0 fully saturated rings. The summed E-state index contributed by atoms with van der Waals surface area (Å²) in [7, 11) is 0. The topological polar surface area (TPSA) is 52.6 Å². The van der Waals surface area contributed by atoms with Crippen LogP contribution in [0.3, 0.4) is 0 Å². The Balaban J connectivity index is 2.52. The number of carbonyl (C=O) groups is 2. The van der Waals surface area contributed by atoms with Gasteiger partial charge in [0.05, 0.1) is 0 Å². The van der Waals surface area contributed by atoms with E-state index in [2.05, 4.69) is 38.2 Å². The maximum Gasteiger partial charge on any atom is 0.306 e. The van der Waals surface area contributed by atoms with Gasteiger partial charge >= 0.3 is 11.9 Å². The molecule has 4 nitrogen and oxygen atoms in total. The molecule has 0 bridgehead atoms. The third-order valence-corrected chi connectivity index (χ3v) is 8.00. The van der Waals surface area contributed by atoms with Gasteiger partial charge in [0, 0.05) is 12.8 Å². The van der Waals surface area contributed by atoms with E-state index in [9.17, 15) is 9.59 Å². The maximum atomic E-state index is 12.5. The Labute approximate surface area is 248 Å². The van der Waals surface area contributed by atoms with E-state index in [1.54, 1.807) is 0 Å². The largest absolute Gasteiger partial charge is 0.462 e. The molecule has 0 spiro atoms. The normalized spacial score (nSPS) is 24.6. The van der Waals surface area contributed by atoms with Gasteiger partial charge < -0.3 is 9.47 Å². The van der Waals surface area contributed by atoms with Crippen LogP contribution in [-0.4, -0.2) is 24.1 Å². The van der Waals surface area contributed by atoms with Gasteiger partial charge in [0.2, 0.25) is 0 Å². The SMILES string of the molecule is CCCCC[C@H]1CC/C=C/CCCCCCCC(=O)O[C@@H](CCCCC)CC/C=C/CCCCCCCC(=O)O1. The second kappa shape index (κ2) is 27.6. The summed E-state index contributed by atoms with van der Waals surface area (Å²) < 4.78 is 11.8. The quantitative estimate of drug-likeness (QED) is 0.168.